The van der Waals surface area contributed by atoms with Crippen molar-refractivity contribution in [3.05, 3.63) is 92.7 Å². The summed E-state index contributed by atoms with van der Waals surface area (Å²) in [5.74, 6) is -2.42. The summed E-state index contributed by atoms with van der Waals surface area (Å²) < 4.78 is 10.4. The van der Waals surface area contributed by atoms with Crippen LogP contribution in [0, 0.1) is 5.92 Å². The van der Waals surface area contributed by atoms with Crippen LogP contribution in [0.25, 0.3) is 0 Å². The number of nitrogens with zero attached hydrogens (tertiary/aromatic N) is 4. The van der Waals surface area contributed by atoms with Gasteiger partial charge in [0, 0.05) is 71.8 Å². The van der Waals surface area contributed by atoms with Crippen molar-refractivity contribution in [2.45, 2.75) is 31.2 Å². The molecule has 5 aliphatic rings. The molecule has 0 spiro atoms. The van der Waals surface area contributed by atoms with E-state index in [1.54, 1.807) is 48.5 Å². The van der Waals surface area contributed by atoms with Gasteiger partial charge in [-0.25, -0.2) is 9.59 Å². The maximum atomic E-state index is 14.1. The third-order valence-electron chi connectivity index (χ3n) is 10.2. The first-order valence-corrected chi connectivity index (χ1v) is 17.1. The number of carbonyl (C=O) groups excluding carboxylic acids is 4. The summed E-state index contributed by atoms with van der Waals surface area (Å²) >= 11 is 13.4. The molecule has 10 nitrogen and oxygen atoms in total. The van der Waals surface area contributed by atoms with Crippen LogP contribution in [0.1, 0.15) is 41.1 Å². The number of piperazine rings is 1. The molecule has 2 bridgehead atoms. The average molecular weight is 769 g/mol. The van der Waals surface area contributed by atoms with Gasteiger partial charge in [0.2, 0.25) is 5.91 Å². The number of hydrogen-bond donors (Lipinski definition) is 0. The largest absolute Gasteiger partial charge is 0.466 e. The molecule has 4 saturated heterocycles. The van der Waals surface area contributed by atoms with Crippen molar-refractivity contribution < 1.29 is 28.7 Å². The Balaban J connectivity index is 0.00000281. The number of halogens is 4. The van der Waals surface area contributed by atoms with Gasteiger partial charge in [-0.3, -0.25) is 14.5 Å². The minimum absolute atomic E-state index is 0. The number of methoxy groups -OCH3 is 2. The minimum atomic E-state index is -1.12. The summed E-state index contributed by atoms with van der Waals surface area (Å²) in [5.41, 5.74) is 0.996. The topological polar surface area (TPSA) is 99.7 Å². The molecule has 2 unspecified atom stereocenters. The quantitative estimate of drug-likeness (QED) is 0.251. The van der Waals surface area contributed by atoms with E-state index in [-0.39, 0.29) is 76.4 Å². The van der Waals surface area contributed by atoms with Crippen LogP contribution in [0.5, 0.6) is 0 Å². The van der Waals surface area contributed by atoms with Crippen molar-refractivity contribution in [1.29, 1.82) is 0 Å². The summed E-state index contributed by atoms with van der Waals surface area (Å²) in [5, 5.41) is 0.430. The van der Waals surface area contributed by atoms with Crippen LogP contribution in [0.3, 0.4) is 0 Å². The predicted octanol–water partition coefficient (Wildman–Crippen LogP) is 5.23. The number of ether oxygens (including phenoxy) is 2. The van der Waals surface area contributed by atoms with Crippen LogP contribution in [0.15, 0.2) is 71.6 Å². The lowest BCUT2D eigenvalue weighted by Crippen LogP contribution is -2.61. The normalized spacial score (nSPS) is 23.3. The second-order valence-corrected chi connectivity index (χ2v) is 13.5. The monoisotopic (exact) mass is 766 g/mol. The molecule has 1 amide bonds. The molecule has 0 aromatic heterocycles. The Labute approximate surface area is 315 Å². The highest BCUT2D eigenvalue weighted by Crippen LogP contribution is 2.46. The number of fused-ring (bicyclic) bond motifs is 3. The Kier molecular flexibility index (Phi) is 13.8. The number of benzene rings is 2. The first kappa shape index (κ1) is 39.7. The number of carbonyl (C=O) groups is 4. The fraction of sp³-hybridized carbons (Fsp3) is 0.444. The molecule has 5 aliphatic heterocycles. The van der Waals surface area contributed by atoms with Gasteiger partial charge in [0.25, 0.3) is 0 Å². The molecular weight excluding hydrogens is 726 g/mol. The third kappa shape index (κ3) is 8.16. The lowest BCUT2D eigenvalue weighted by atomic mass is 9.80. The van der Waals surface area contributed by atoms with Gasteiger partial charge < -0.3 is 24.2 Å². The molecule has 14 heteroatoms. The van der Waals surface area contributed by atoms with Crippen LogP contribution in [-0.2, 0) is 23.9 Å². The number of esters is 2. The number of ketones is 1. The summed E-state index contributed by atoms with van der Waals surface area (Å²) in [6.07, 6.45) is 3.71. The zero-order chi connectivity index (χ0) is 33.9. The second kappa shape index (κ2) is 17.4. The number of rotatable bonds is 9. The SMILES string of the molecule is COC(=O)C1=CN(CC(=O)c2ccccc2)C(CC(=O)N2CCN(C3CN4CCC3CC4)CC2)=C(C(=O)OC)C1c1c(Cl)cccc1Cl.Cl.Cl. The number of Topliss-reactive ketones (excluding diaryl/α,β-unsaturated/α-hetero) is 1. The highest BCUT2D eigenvalue weighted by molar-refractivity contribution is 6.36. The summed E-state index contributed by atoms with van der Waals surface area (Å²) in [4.78, 5) is 63.2. The fourth-order valence-electron chi connectivity index (χ4n) is 7.63. The van der Waals surface area contributed by atoms with E-state index in [4.69, 9.17) is 32.7 Å². The molecule has 0 radical (unpaired) electrons. The van der Waals surface area contributed by atoms with E-state index in [2.05, 4.69) is 9.80 Å². The van der Waals surface area contributed by atoms with E-state index in [9.17, 15) is 19.2 Å². The van der Waals surface area contributed by atoms with Gasteiger partial charge >= 0.3 is 11.9 Å². The number of piperidine rings is 3. The highest BCUT2D eigenvalue weighted by atomic mass is 35.5. The summed E-state index contributed by atoms with van der Waals surface area (Å²) in [6.45, 7) is 5.82. The van der Waals surface area contributed by atoms with E-state index in [0.29, 0.717) is 36.2 Å². The van der Waals surface area contributed by atoms with Gasteiger partial charge in [0.1, 0.15) is 0 Å². The Morgan fingerprint density at radius 1 is 0.800 bits per heavy atom. The molecule has 7 rings (SSSR count). The molecule has 0 N–H and O–H groups in total. The van der Waals surface area contributed by atoms with Crippen LogP contribution in [0.2, 0.25) is 10.0 Å². The number of hydrogen-bond acceptors (Lipinski definition) is 9. The zero-order valence-electron chi connectivity index (χ0n) is 28.0. The third-order valence-corrected chi connectivity index (χ3v) is 10.8. The van der Waals surface area contributed by atoms with E-state index < -0.39 is 17.9 Å². The summed E-state index contributed by atoms with van der Waals surface area (Å²) in [6, 6.07) is 14.1. The molecule has 270 valence electrons. The van der Waals surface area contributed by atoms with Crippen molar-refractivity contribution >= 4 is 71.6 Å². The standard InChI is InChI=1S/C36H40Cl2N4O6.2ClH/c1-47-35(45)25-20-42(22-30(43)24-7-4-3-5-8-24)28(34(36(46)48-2)32(25)33-26(37)9-6-10-27(33)38)19-31(44)41-17-15-40(16-18-41)29-21-39-13-11-23(29)12-14-39;;/h3-10,20,23,29,32H,11-19,21-22H2,1-2H3;2*1H. The first-order valence-electron chi connectivity index (χ1n) is 16.3. The molecule has 50 heavy (non-hydrogen) atoms. The van der Waals surface area contributed by atoms with E-state index in [1.807, 2.05) is 4.90 Å². The van der Waals surface area contributed by atoms with Crippen LogP contribution < -0.4 is 0 Å². The van der Waals surface area contributed by atoms with Crippen LogP contribution in [-0.4, -0.2) is 116 Å². The smallest absolute Gasteiger partial charge is 0.336 e. The molecule has 2 aromatic carbocycles. The Bertz CT molecular complexity index is 1620. The maximum absolute atomic E-state index is 14.1. The van der Waals surface area contributed by atoms with E-state index >= 15 is 0 Å². The maximum Gasteiger partial charge on any atom is 0.336 e. The van der Waals surface area contributed by atoms with Gasteiger partial charge in [-0.15, -0.1) is 24.8 Å². The molecule has 0 aliphatic carbocycles. The van der Waals surface area contributed by atoms with Gasteiger partial charge in [0.15, 0.2) is 5.78 Å². The van der Waals surface area contributed by atoms with Crippen molar-refractivity contribution in [1.82, 2.24) is 19.6 Å². The molecule has 2 atom stereocenters. The Hall–Kier alpha value is -3.12. The van der Waals surface area contributed by atoms with E-state index in [1.165, 1.54) is 51.3 Å². The zero-order valence-corrected chi connectivity index (χ0v) is 31.2. The Morgan fingerprint density at radius 3 is 1.98 bits per heavy atom. The minimum Gasteiger partial charge on any atom is -0.466 e. The molecule has 5 heterocycles. The fourth-order valence-corrected chi connectivity index (χ4v) is 8.25. The Morgan fingerprint density at radius 2 is 1.42 bits per heavy atom. The van der Waals surface area contributed by atoms with Crippen LogP contribution >= 0.6 is 48.0 Å². The van der Waals surface area contributed by atoms with Crippen molar-refractivity contribution in [3.63, 3.8) is 0 Å². The molecule has 0 saturated carbocycles. The van der Waals surface area contributed by atoms with Crippen molar-refractivity contribution in [3.8, 4) is 0 Å². The lowest BCUT2D eigenvalue weighted by Gasteiger charge is -2.51. The van der Waals surface area contributed by atoms with Gasteiger partial charge in [-0.05, 0) is 44.0 Å². The highest BCUT2D eigenvalue weighted by Gasteiger charge is 2.43. The van der Waals surface area contributed by atoms with Gasteiger partial charge in [-0.2, -0.15) is 0 Å². The van der Waals surface area contributed by atoms with Crippen molar-refractivity contribution in [2.24, 2.45) is 5.92 Å². The lowest BCUT2D eigenvalue weighted by molar-refractivity contribution is -0.137. The molecule has 4 fully saturated rings. The average Bonchev–Trinajstić information content (AvgIpc) is 3.12. The number of amides is 1. The van der Waals surface area contributed by atoms with Crippen molar-refractivity contribution in [2.75, 3.05) is 66.6 Å². The molecule has 2 aromatic rings. The summed E-state index contributed by atoms with van der Waals surface area (Å²) in [7, 11) is 2.45. The first-order chi connectivity index (χ1) is 23.2. The second-order valence-electron chi connectivity index (χ2n) is 12.7. The predicted molar refractivity (Wildman–Crippen MR) is 196 cm³/mol. The van der Waals surface area contributed by atoms with Crippen LogP contribution in [0.4, 0.5) is 0 Å². The van der Waals surface area contributed by atoms with Gasteiger partial charge in [0.05, 0.1) is 44.2 Å². The molecular formula is C36H42Cl4N4O6. The van der Waals surface area contributed by atoms with Gasteiger partial charge in [-0.1, -0.05) is 59.6 Å². The van der Waals surface area contributed by atoms with E-state index in [0.717, 1.165) is 19.6 Å².